The van der Waals surface area contributed by atoms with E-state index in [9.17, 15) is 0 Å². The molecule has 1 saturated carbocycles. The van der Waals surface area contributed by atoms with E-state index in [2.05, 4.69) is 15.5 Å². The number of nitrogens with one attached hydrogen (secondary N) is 1. The molecule has 3 aliphatic rings. The third-order valence-corrected chi connectivity index (χ3v) is 4.76. The Morgan fingerprint density at radius 1 is 1.28 bits per heavy atom. The zero-order valence-corrected chi connectivity index (χ0v) is 10.5. The smallest absolute Gasteiger partial charge is 0.230 e. The van der Waals surface area contributed by atoms with Gasteiger partial charge in [-0.2, -0.15) is 4.98 Å². The van der Waals surface area contributed by atoms with Crippen molar-refractivity contribution in [3.05, 3.63) is 11.7 Å². The van der Waals surface area contributed by atoms with E-state index in [4.69, 9.17) is 9.26 Å². The first-order valence-corrected chi connectivity index (χ1v) is 7.03. The Hall–Kier alpha value is -0.940. The molecule has 3 heterocycles. The maximum absolute atomic E-state index is 5.59. The van der Waals surface area contributed by atoms with Crippen molar-refractivity contribution in [2.75, 3.05) is 19.7 Å². The van der Waals surface area contributed by atoms with Crippen LogP contribution >= 0.6 is 0 Å². The molecule has 2 saturated heterocycles. The fraction of sp³-hybridized carbons (Fsp3) is 0.846. The van der Waals surface area contributed by atoms with Crippen LogP contribution in [0.5, 0.6) is 0 Å². The minimum absolute atomic E-state index is 0.0743. The molecule has 2 unspecified atom stereocenters. The lowest BCUT2D eigenvalue weighted by Crippen LogP contribution is -2.29. The average molecular weight is 249 g/mol. The summed E-state index contributed by atoms with van der Waals surface area (Å²) in [7, 11) is 0. The highest BCUT2D eigenvalue weighted by Crippen LogP contribution is 2.63. The third-order valence-electron chi connectivity index (χ3n) is 4.76. The molecule has 1 aliphatic carbocycles. The van der Waals surface area contributed by atoms with Gasteiger partial charge in [0.15, 0.2) is 0 Å². The highest BCUT2D eigenvalue weighted by molar-refractivity contribution is 5.18. The molecule has 2 aliphatic heterocycles. The Bertz CT molecular complexity index is 433. The molecular formula is C13H19N3O2. The molecule has 0 amide bonds. The fourth-order valence-corrected chi connectivity index (χ4v) is 3.47. The second-order valence-corrected chi connectivity index (χ2v) is 5.86. The summed E-state index contributed by atoms with van der Waals surface area (Å²) in [6.07, 6.45) is 5.92. The predicted octanol–water partition coefficient (Wildman–Crippen LogP) is 1.78. The zero-order chi connectivity index (χ0) is 12.0. The summed E-state index contributed by atoms with van der Waals surface area (Å²) in [6.45, 7) is 3.08. The van der Waals surface area contributed by atoms with Crippen molar-refractivity contribution in [2.24, 2.45) is 5.41 Å². The van der Waals surface area contributed by atoms with Crippen molar-refractivity contribution in [2.45, 2.75) is 44.1 Å². The van der Waals surface area contributed by atoms with Crippen molar-refractivity contribution in [1.82, 2.24) is 15.5 Å². The van der Waals surface area contributed by atoms with Crippen molar-refractivity contribution < 1.29 is 9.26 Å². The van der Waals surface area contributed by atoms with Gasteiger partial charge in [-0.05, 0) is 50.6 Å². The minimum atomic E-state index is 0.0743. The SMILES string of the molecule is C1COC(c2noc(C3CC34CCNCC4)n2)C1. The van der Waals surface area contributed by atoms with Gasteiger partial charge in [0, 0.05) is 12.5 Å². The number of piperidine rings is 1. The predicted molar refractivity (Wildman–Crippen MR) is 64.1 cm³/mol. The van der Waals surface area contributed by atoms with Crippen LogP contribution in [0.25, 0.3) is 0 Å². The van der Waals surface area contributed by atoms with Gasteiger partial charge in [-0.1, -0.05) is 5.16 Å². The third kappa shape index (κ3) is 1.68. The zero-order valence-electron chi connectivity index (χ0n) is 10.5. The highest BCUT2D eigenvalue weighted by atomic mass is 16.5. The molecule has 0 aromatic carbocycles. The molecule has 1 N–H and O–H groups in total. The topological polar surface area (TPSA) is 60.2 Å². The van der Waals surface area contributed by atoms with E-state index < -0.39 is 0 Å². The number of rotatable bonds is 2. The first kappa shape index (κ1) is 10.9. The van der Waals surface area contributed by atoms with Crippen molar-refractivity contribution in [3.8, 4) is 0 Å². The van der Waals surface area contributed by atoms with Crippen LogP contribution in [0, 0.1) is 5.41 Å². The van der Waals surface area contributed by atoms with E-state index in [1.807, 2.05) is 0 Å². The molecule has 0 radical (unpaired) electrons. The fourth-order valence-electron chi connectivity index (χ4n) is 3.47. The minimum Gasteiger partial charge on any atom is -0.370 e. The number of ether oxygens (including phenoxy) is 1. The largest absolute Gasteiger partial charge is 0.370 e. The molecule has 1 spiro atoms. The molecular weight excluding hydrogens is 230 g/mol. The molecule has 0 bridgehead atoms. The molecule has 4 rings (SSSR count). The summed E-state index contributed by atoms with van der Waals surface area (Å²) in [5, 5.41) is 7.53. The van der Waals surface area contributed by atoms with Crippen LogP contribution in [0.4, 0.5) is 0 Å². The monoisotopic (exact) mass is 249 g/mol. The first-order chi connectivity index (χ1) is 8.87. The normalized spacial score (nSPS) is 34.0. The van der Waals surface area contributed by atoms with E-state index >= 15 is 0 Å². The maximum Gasteiger partial charge on any atom is 0.230 e. The van der Waals surface area contributed by atoms with Crippen molar-refractivity contribution >= 4 is 0 Å². The van der Waals surface area contributed by atoms with Crippen LogP contribution in [0.3, 0.4) is 0 Å². The summed E-state index contributed by atoms with van der Waals surface area (Å²) in [6, 6.07) is 0. The lowest BCUT2D eigenvalue weighted by atomic mass is 9.92. The summed E-state index contributed by atoms with van der Waals surface area (Å²) < 4.78 is 11.1. The van der Waals surface area contributed by atoms with Crippen LogP contribution in [0.1, 0.15) is 55.8 Å². The summed E-state index contributed by atoms with van der Waals surface area (Å²) in [5.74, 6) is 2.11. The van der Waals surface area contributed by atoms with E-state index in [1.54, 1.807) is 0 Å². The van der Waals surface area contributed by atoms with E-state index in [1.165, 1.54) is 19.3 Å². The average Bonchev–Trinajstić information content (AvgIpc) is 2.86. The quantitative estimate of drug-likeness (QED) is 0.865. The molecule has 5 heteroatoms. The summed E-state index contributed by atoms with van der Waals surface area (Å²) in [4.78, 5) is 4.58. The standard InChI is InChI=1S/C13H19N3O2/c1-2-10(17-7-1)11-15-12(18-16-11)9-8-13(9)3-5-14-6-4-13/h9-10,14H,1-8H2. The van der Waals surface area contributed by atoms with Gasteiger partial charge < -0.3 is 14.6 Å². The Balaban J connectivity index is 1.49. The van der Waals surface area contributed by atoms with Crippen LogP contribution in [-0.2, 0) is 4.74 Å². The van der Waals surface area contributed by atoms with Crippen LogP contribution in [-0.4, -0.2) is 29.8 Å². The van der Waals surface area contributed by atoms with E-state index in [0.29, 0.717) is 11.3 Å². The second-order valence-electron chi connectivity index (χ2n) is 5.86. The molecule has 3 fully saturated rings. The van der Waals surface area contributed by atoms with Gasteiger partial charge >= 0.3 is 0 Å². The maximum atomic E-state index is 5.59. The molecule has 1 aromatic heterocycles. The van der Waals surface area contributed by atoms with Crippen LogP contribution in [0.15, 0.2) is 4.52 Å². The van der Waals surface area contributed by atoms with Crippen LogP contribution in [0.2, 0.25) is 0 Å². The Morgan fingerprint density at radius 3 is 2.94 bits per heavy atom. The lowest BCUT2D eigenvalue weighted by molar-refractivity contribution is 0.103. The molecule has 18 heavy (non-hydrogen) atoms. The van der Waals surface area contributed by atoms with Gasteiger partial charge in [0.05, 0.1) is 0 Å². The molecule has 1 aromatic rings. The number of nitrogens with zero attached hydrogens (tertiary/aromatic N) is 2. The number of aromatic nitrogens is 2. The molecule has 98 valence electrons. The summed E-state index contributed by atoms with van der Waals surface area (Å²) >= 11 is 0. The first-order valence-electron chi connectivity index (χ1n) is 7.03. The lowest BCUT2D eigenvalue weighted by Gasteiger charge is -2.22. The Kier molecular flexibility index (Phi) is 2.45. The van der Waals surface area contributed by atoms with E-state index in [-0.39, 0.29) is 6.10 Å². The van der Waals surface area contributed by atoms with Crippen molar-refractivity contribution in [1.29, 1.82) is 0 Å². The summed E-state index contributed by atoms with van der Waals surface area (Å²) in [5.41, 5.74) is 0.464. The van der Waals surface area contributed by atoms with Crippen molar-refractivity contribution in [3.63, 3.8) is 0 Å². The van der Waals surface area contributed by atoms with Gasteiger partial charge in [-0.3, -0.25) is 0 Å². The van der Waals surface area contributed by atoms with Gasteiger partial charge in [-0.15, -0.1) is 0 Å². The molecule has 2 atom stereocenters. The number of hydrogen-bond donors (Lipinski definition) is 1. The van der Waals surface area contributed by atoms with Gasteiger partial charge in [0.2, 0.25) is 11.7 Å². The van der Waals surface area contributed by atoms with Gasteiger partial charge in [0.25, 0.3) is 0 Å². The Morgan fingerprint density at radius 2 is 2.17 bits per heavy atom. The van der Waals surface area contributed by atoms with E-state index in [0.717, 1.165) is 44.3 Å². The second kappa shape index (κ2) is 4.03. The van der Waals surface area contributed by atoms with Crippen LogP contribution < -0.4 is 5.32 Å². The molecule has 5 nitrogen and oxygen atoms in total. The highest BCUT2D eigenvalue weighted by Gasteiger charge is 2.57. The van der Waals surface area contributed by atoms with Gasteiger partial charge in [0.1, 0.15) is 6.10 Å². The number of hydrogen-bond acceptors (Lipinski definition) is 5. The van der Waals surface area contributed by atoms with Gasteiger partial charge in [-0.25, -0.2) is 0 Å². The Labute approximate surface area is 106 Å².